The van der Waals surface area contributed by atoms with Gasteiger partial charge in [0, 0.05) is 29.8 Å². The first kappa shape index (κ1) is 39.9. The highest BCUT2D eigenvalue weighted by atomic mass is 16.6. The number of imidazole rings is 1. The molecule has 11 heteroatoms. The molecule has 0 radical (unpaired) electrons. The lowest BCUT2D eigenvalue weighted by Crippen LogP contribution is -2.44. The van der Waals surface area contributed by atoms with Crippen LogP contribution in [0.25, 0.3) is 22.5 Å². The fourth-order valence-electron chi connectivity index (χ4n) is 8.01. The largest absolute Gasteiger partial charge is 0.444 e. The molecule has 8 rings (SSSR count). The van der Waals surface area contributed by atoms with E-state index in [1.807, 2.05) is 114 Å². The van der Waals surface area contributed by atoms with Crippen molar-refractivity contribution >= 4 is 17.9 Å². The summed E-state index contributed by atoms with van der Waals surface area (Å²) in [5.74, 6) is 7.18. The Kier molecular flexibility index (Phi) is 11.6. The van der Waals surface area contributed by atoms with Crippen LogP contribution in [0.15, 0.2) is 121 Å². The standard InChI is InChI=1S/C49H49N7O4/c1-49(2,3)60-48(59)52-45(38-14-8-5-9-15-38)47(58)56-29-11-17-43(56)46-50-32-41(51-46)37-26-22-34(23-27-37)19-18-33-20-24-36(25-21-33)39-31-40(54-53-39)42-16-10-28-55(42)44(57)30-35-12-6-4-7-13-35/h4-9,12-15,20-27,31-32,42-43,45H,10-11,16-17,28-30H2,1-3H3,(H,50,51)(H,52,59)(H,53,54). The second-order valence-electron chi connectivity index (χ2n) is 16.4. The zero-order chi connectivity index (χ0) is 41.6. The molecule has 2 saturated heterocycles. The van der Waals surface area contributed by atoms with Gasteiger partial charge in [0.2, 0.25) is 5.91 Å². The van der Waals surface area contributed by atoms with E-state index >= 15 is 0 Å². The highest BCUT2D eigenvalue weighted by Gasteiger charge is 2.37. The highest BCUT2D eigenvalue weighted by molar-refractivity contribution is 5.87. The Morgan fingerprint density at radius 3 is 2.08 bits per heavy atom. The van der Waals surface area contributed by atoms with Crippen LogP contribution in [0.4, 0.5) is 4.79 Å². The predicted octanol–water partition coefficient (Wildman–Crippen LogP) is 8.70. The minimum Gasteiger partial charge on any atom is -0.444 e. The molecule has 60 heavy (non-hydrogen) atoms. The van der Waals surface area contributed by atoms with Gasteiger partial charge in [0.1, 0.15) is 17.5 Å². The summed E-state index contributed by atoms with van der Waals surface area (Å²) in [7, 11) is 0. The Morgan fingerprint density at radius 2 is 1.42 bits per heavy atom. The number of rotatable bonds is 9. The number of alkyl carbamates (subject to hydrolysis) is 1. The summed E-state index contributed by atoms with van der Waals surface area (Å²) in [4.78, 5) is 52.1. The van der Waals surface area contributed by atoms with Gasteiger partial charge in [-0.05, 0) is 93.5 Å². The summed E-state index contributed by atoms with van der Waals surface area (Å²) in [5, 5.41) is 10.6. The van der Waals surface area contributed by atoms with E-state index in [-0.39, 0.29) is 23.9 Å². The molecule has 2 aliphatic heterocycles. The van der Waals surface area contributed by atoms with Gasteiger partial charge in [-0.15, -0.1) is 0 Å². The van der Waals surface area contributed by atoms with E-state index in [4.69, 9.17) is 9.72 Å². The number of H-pyrrole nitrogens is 2. The van der Waals surface area contributed by atoms with Crippen molar-refractivity contribution in [3.05, 3.63) is 155 Å². The fraction of sp³-hybridized carbons (Fsp3) is 0.286. The normalized spacial score (nSPS) is 16.9. The van der Waals surface area contributed by atoms with Gasteiger partial charge in [0.05, 0.1) is 41.8 Å². The van der Waals surface area contributed by atoms with Crippen molar-refractivity contribution in [1.82, 2.24) is 35.3 Å². The lowest BCUT2D eigenvalue weighted by molar-refractivity contribution is -0.135. The van der Waals surface area contributed by atoms with Crippen LogP contribution in [0.1, 0.15) is 98.4 Å². The Hall–Kier alpha value is -6.93. The fourth-order valence-corrected chi connectivity index (χ4v) is 8.01. The van der Waals surface area contributed by atoms with Crippen LogP contribution in [-0.2, 0) is 20.7 Å². The molecule has 2 fully saturated rings. The quantitative estimate of drug-likeness (QED) is 0.125. The first-order chi connectivity index (χ1) is 29.1. The third-order valence-electron chi connectivity index (χ3n) is 10.9. The summed E-state index contributed by atoms with van der Waals surface area (Å²) in [5.41, 5.74) is 7.33. The van der Waals surface area contributed by atoms with Crippen molar-refractivity contribution in [2.45, 2.75) is 76.6 Å². The number of aromatic nitrogens is 4. The average molecular weight is 800 g/mol. The molecule has 304 valence electrons. The van der Waals surface area contributed by atoms with Crippen molar-refractivity contribution in [1.29, 1.82) is 0 Å². The molecule has 0 saturated carbocycles. The number of nitrogens with one attached hydrogen (secondary N) is 3. The van der Waals surface area contributed by atoms with Crippen molar-refractivity contribution in [2.75, 3.05) is 13.1 Å². The summed E-state index contributed by atoms with van der Waals surface area (Å²) in [6.07, 6.45) is 5.00. The van der Waals surface area contributed by atoms with Crippen LogP contribution in [0, 0.1) is 11.8 Å². The molecule has 3 atom stereocenters. The molecule has 2 aromatic heterocycles. The number of carbonyl (C=O) groups excluding carboxylic acids is 3. The lowest BCUT2D eigenvalue weighted by Gasteiger charge is -2.29. The second-order valence-corrected chi connectivity index (χ2v) is 16.4. The minimum absolute atomic E-state index is 0.00260. The van der Waals surface area contributed by atoms with E-state index < -0.39 is 17.7 Å². The number of hydrogen-bond donors (Lipinski definition) is 3. The maximum Gasteiger partial charge on any atom is 0.408 e. The Bertz CT molecular complexity index is 2490. The maximum atomic E-state index is 14.1. The molecule has 2 aliphatic rings. The molecule has 11 nitrogen and oxygen atoms in total. The van der Waals surface area contributed by atoms with Crippen molar-refractivity contribution in [3.8, 4) is 34.4 Å². The van der Waals surface area contributed by atoms with Crippen molar-refractivity contribution in [3.63, 3.8) is 0 Å². The average Bonchev–Trinajstić information content (AvgIpc) is 4.10. The van der Waals surface area contributed by atoms with Gasteiger partial charge >= 0.3 is 6.09 Å². The van der Waals surface area contributed by atoms with Crippen molar-refractivity contribution in [2.24, 2.45) is 0 Å². The van der Waals surface area contributed by atoms with E-state index in [2.05, 4.69) is 38.4 Å². The molecule has 0 bridgehead atoms. The SMILES string of the molecule is CC(C)(C)OC(=O)NC(C(=O)N1CCCC1c1ncc(-c2ccc(C#Cc3ccc(-c4cc(C5CCCN5C(=O)Cc5ccccc5)[nH]n4)cc3)cc2)[nH]1)c1ccccc1. The number of nitrogens with zero attached hydrogens (tertiary/aromatic N) is 4. The minimum atomic E-state index is -0.898. The number of benzene rings is 4. The molecule has 4 heterocycles. The summed E-state index contributed by atoms with van der Waals surface area (Å²) >= 11 is 0. The van der Waals surface area contributed by atoms with Gasteiger partial charge < -0.3 is 24.8 Å². The highest BCUT2D eigenvalue weighted by Crippen LogP contribution is 2.35. The lowest BCUT2D eigenvalue weighted by atomic mass is 10.0. The van der Waals surface area contributed by atoms with Crippen LogP contribution in [0.5, 0.6) is 0 Å². The van der Waals surface area contributed by atoms with E-state index in [1.165, 1.54) is 0 Å². The third-order valence-corrected chi connectivity index (χ3v) is 10.9. The number of aromatic amines is 2. The molecule has 3 N–H and O–H groups in total. The molecular formula is C49H49N7O4. The first-order valence-corrected chi connectivity index (χ1v) is 20.6. The zero-order valence-electron chi connectivity index (χ0n) is 34.2. The van der Waals surface area contributed by atoms with Gasteiger partial charge in [-0.2, -0.15) is 5.10 Å². The van der Waals surface area contributed by atoms with Gasteiger partial charge in [-0.25, -0.2) is 9.78 Å². The second kappa shape index (κ2) is 17.5. The van der Waals surface area contributed by atoms with Crippen molar-refractivity contribution < 1.29 is 19.1 Å². The number of ether oxygens (including phenoxy) is 1. The predicted molar refractivity (Wildman–Crippen MR) is 230 cm³/mol. The van der Waals surface area contributed by atoms with E-state index in [0.717, 1.165) is 77.1 Å². The van der Waals surface area contributed by atoms with Gasteiger partial charge in [0.25, 0.3) is 5.91 Å². The van der Waals surface area contributed by atoms with Crippen LogP contribution >= 0.6 is 0 Å². The Labute approximate surface area is 350 Å². The molecule has 3 unspecified atom stereocenters. The molecule has 0 spiro atoms. The number of carbonyl (C=O) groups is 3. The third kappa shape index (κ3) is 9.34. The summed E-state index contributed by atoms with van der Waals surface area (Å²) in [6, 6.07) is 36.0. The van der Waals surface area contributed by atoms with Crippen LogP contribution in [-0.4, -0.2) is 66.6 Å². The Balaban J connectivity index is 0.893. The number of hydrogen-bond acceptors (Lipinski definition) is 6. The monoisotopic (exact) mass is 799 g/mol. The van der Waals surface area contributed by atoms with Crippen LogP contribution in [0.2, 0.25) is 0 Å². The summed E-state index contributed by atoms with van der Waals surface area (Å²) < 4.78 is 5.51. The molecule has 4 aromatic carbocycles. The van der Waals surface area contributed by atoms with E-state index in [0.29, 0.717) is 24.4 Å². The smallest absolute Gasteiger partial charge is 0.408 e. The van der Waals surface area contributed by atoms with Crippen LogP contribution < -0.4 is 5.32 Å². The van der Waals surface area contributed by atoms with Gasteiger partial charge in [-0.3, -0.25) is 14.7 Å². The van der Waals surface area contributed by atoms with Gasteiger partial charge in [0.15, 0.2) is 0 Å². The van der Waals surface area contributed by atoms with Crippen LogP contribution in [0.3, 0.4) is 0 Å². The molecular weight excluding hydrogens is 751 g/mol. The molecule has 3 amide bonds. The molecule has 0 aliphatic carbocycles. The van der Waals surface area contributed by atoms with Gasteiger partial charge in [-0.1, -0.05) is 96.8 Å². The zero-order valence-corrected chi connectivity index (χ0v) is 34.2. The van der Waals surface area contributed by atoms with E-state index in [9.17, 15) is 14.4 Å². The number of amides is 3. The Morgan fingerprint density at radius 1 is 0.800 bits per heavy atom. The first-order valence-electron chi connectivity index (χ1n) is 20.6. The maximum absolute atomic E-state index is 14.1. The van der Waals surface area contributed by atoms with E-state index in [1.54, 1.807) is 31.9 Å². The summed E-state index contributed by atoms with van der Waals surface area (Å²) in [6.45, 7) is 6.68. The number of likely N-dealkylation sites (tertiary alicyclic amines) is 2. The molecule has 6 aromatic rings. The topological polar surface area (TPSA) is 136 Å².